The standard InChI is InChI=1S/C12H7BrINO2S/c13-11-7-10(5-6-12(11)15(16)17)18-9-3-1-8(14)2-4-9/h1-7H. The summed E-state index contributed by atoms with van der Waals surface area (Å²) in [5.74, 6) is 0. The lowest BCUT2D eigenvalue weighted by Crippen LogP contribution is -1.88. The lowest BCUT2D eigenvalue weighted by atomic mass is 10.3. The summed E-state index contributed by atoms with van der Waals surface area (Å²) in [5, 5.41) is 10.7. The van der Waals surface area contributed by atoms with Gasteiger partial charge in [-0.2, -0.15) is 0 Å². The summed E-state index contributed by atoms with van der Waals surface area (Å²) in [5.41, 5.74) is 0.0851. The quantitative estimate of drug-likeness (QED) is 0.382. The van der Waals surface area contributed by atoms with Crippen LogP contribution in [0.1, 0.15) is 0 Å². The van der Waals surface area contributed by atoms with Crippen molar-refractivity contribution in [3.8, 4) is 0 Å². The third kappa shape index (κ3) is 3.46. The summed E-state index contributed by atoms with van der Waals surface area (Å²) in [7, 11) is 0. The minimum absolute atomic E-state index is 0.0851. The predicted molar refractivity (Wildman–Crippen MR) is 84.1 cm³/mol. The van der Waals surface area contributed by atoms with E-state index >= 15 is 0 Å². The Labute approximate surface area is 130 Å². The zero-order chi connectivity index (χ0) is 13.1. The predicted octanol–water partition coefficient (Wildman–Crippen LogP) is 5.11. The van der Waals surface area contributed by atoms with Gasteiger partial charge in [0.1, 0.15) is 0 Å². The number of halogens is 2. The van der Waals surface area contributed by atoms with Gasteiger partial charge in [-0.25, -0.2) is 0 Å². The Morgan fingerprint density at radius 2 is 1.72 bits per heavy atom. The molecule has 0 aromatic heterocycles. The first-order valence-corrected chi connectivity index (χ1v) is 7.62. The highest BCUT2D eigenvalue weighted by Crippen LogP contribution is 2.33. The number of rotatable bonds is 3. The van der Waals surface area contributed by atoms with Crippen molar-refractivity contribution in [3.05, 3.63) is 60.6 Å². The summed E-state index contributed by atoms with van der Waals surface area (Å²) < 4.78 is 1.69. The lowest BCUT2D eigenvalue weighted by molar-refractivity contribution is -0.385. The van der Waals surface area contributed by atoms with E-state index in [9.17, 15) is 10.1 Å². The minimum atomic E-state index is -0.399. The molecule has 0 fully saturated rings. The van der Waals surface area contributed by atoms with Crippen LogP contribution < -0.4 is 0 Å². The van der Waals surface area contributed by atoms with Crippen LogP contribution in [0.15, 0.2) is 56.7 Å². The molecule has 0 unspecified atom stereocenters. The summed E-state index contributed by atoms with van der Waals surface area (Å²) in [4.78, 5) is 12.4. The molecule has 0 aliphatic carbocycles. The molecule has 0 amide bonds. The number of nitrogens with zero attached hydrogens (tertiary/aromatic N) is 1. The Kier molecular flexibility index (Phi) is 4.63. The van der Waals surface area contributed by atoms with E-state index in [1.807, 2.05) is 24.3 Å². The number of hydrogen-bond donors (Lipinski definition) is 0. The molecule has 0 spiro atoms. The van der Waals surface area contributed by atoms with Crippen LogP contribution in [0, 0.1) is 13.7 Å². The molecule has 0 heterocycles. The number of benzene rings is 2. The molecular weight excluding hydrogens is 429 g/mol. The van der Waals surface area contributed by atoms with E-state index in [1.54, 1.807) is 23.9 Å². The summed E-state index contributed by atoms with van der Waals surface area (Å²) in [6, 6.07) is 13.2. The Hall–Kier alpha value is -0.600. The maximum atomic E-state index is 10.7. The Balaban J connectivity index is 2.22. The van der Waals surface area contributed by atoms with Crippen LogP contribution in [0.5, 0.6) is 0 Å². The Morgan fingerprint density at radius 3 is 2.28 bits per heavy atom. The smallest absolute Gasteiger partial charge is 0.258 e. The van der Waals surface area contributed by atoms with Gasteiger partial charge in [-0.1, -0.05) is 11.8 Å². The van der Waals surface area contributed by atoms with E-state index in [2.05, 4.69) is 38.5 Å². The van der Waals surface area contributed by atoms with Gasteiger partial charge in [0, 0.05) is 19.4 Å². The van der Waals surface area contributed by atoms with Crippen molar-refractivity contribution < 1.29 is 4.92 Å². The third-order valence-corrected chi connectivity index (χ3v) is 4.52. The van der Waals surface area contributed by atoms with E-state index in [1.165, 1.54) is 9.64 Å². The van der Waals surface area contributed by atoms with Gasteiger partial charge >= 0.3 is 0 Å². The van der Waals surface area contributed by atoms with Gasteiger partial charge in [0.15, 0.2) is 0 Å². The van der Waals surface area contributed by atoms with Crippen LogP contribution in [-0.4, -0.2) is 4.92 Å². The van der Waals surface area contributed by atoms with Crippen LogP contribution in [0.2, 0.25) is 0 Å². The van der Waals surface area contributed by atoms with Gasteiger partial charge in [0.05, 0.1) is 9.40 Å². The van der Waals surface area contributed by atoms with Gasteiger partial charge < -0.3 is 0 Å². The van der Waals surface area contributed by atoms with Crippen LogP contribution in [0.25, 0.3) is 0 Å². The molecule has 92 valence electrons. The van der Waals surface area contributed by atoms with Crippen LogP contribution >= 0.6 is 50.3 Å². The van der Waals surface area contributed by atoms with Crippen molar-refractivity contribution >= 4 is 56.0 Å². The van der Waals surface area contributed by atoms with Gasteiger partial charge in [-0.15, -0.1) is 0 Å². The van der Waals surface area contributed by atoms with E-state index in [0.29, 0.717) is 4.47 Å². The van der Waals surface area contributed by atoms with E-state index in [4.69, 9.17) is 0 Å². The summed E-state index contributed by atoms with van der Waals surface area (Å²) in [6.07, 6.45) is 0. The number of hydrogen-bond acceptors (Lipinski definition) is 3. The SMILES string of the molecule is O=[N+]([O-])c1ccc(Sc2ccc(I)cc2)cc1Br. The van der Waals surface area contributed by atoms with Crippen molar-refractivity contribution in [1.82, 2.24) is 0 Å². The molecule has 0 saturated carbocycles. The maximum Gasteiger partial charge on any atom is 0.283 e. The average molecular weight is 436 g/mol. The number of nitro groups is 1. The second-order valence-corrected chi connectivity index (χ2v) is 6.67. The molecule has 0 atom stereocenters. The Morgan fingerprint density at radius 1 is 1.11 bits per heavy atom. The molecule has 18 heavy (non-hydrogen) atoms. The zero-order valence-corrected chi connectivity index (χ0v) is 13.5. The summed E-state index contributed by atoms with van der Waals surface area (Å²) >= 11 is 7.04. The topological polar surface area (TPSA) is 43.1 Å². The molecule has 0 bridgehead atoms. The molecule has 6 heteroatoms. The van der Waals surface area contributed by atoms with Gasteiger partial charge in [0.25, 0.3) is 5.69 Å². The normalized spacial score (nSPS) is 10.3. The molecule has 0 aliphatic heterocycles. The van der Waals surface area contributed by atoms with Crippen LogP contribution in [0.3, 0.4) is 0 Å². The lowest BCUT2D eigenvalue weighted by Gasteiger charge is -2.03. The molecule has 0 saturated heterocycles. The molecule has 2 aromatic carbocycles. The fourth-order valence-electron chi connectivity index (χ4n) is 1.34. The molecule has 0 N–H and O–H groups in total. The van der Waals surface area contributed by atoms with E-state index < -0.39 is 4.92 Å². The molecule has 0 radical (unpaired) electrons. The van der Waals surface area contributed by atoms with Gasteiger partial charge in [-0.3, -0.25) is 10.1 Å². The van der Waals surface area contributed by atoms with Crippen molar-refractivity contribution in [3.63, 3.8) is 0 Å². The minimum Gasteiger partial charge on any atom is -0.258 e. The van der Waals surface area contributed by atoms with Crippen molar-refractivity contribution in [2.45, 2.75) is 9.79 Å². The molecule has 2 aromatic rings. The average Bonchev–Trinajstić information content (AvgIpc) is 2.32. The first-order valence-electron chi connectivity index (χ1n) is 4.93. The molecule has 0 aliphatic rings. The van der Waals surface area contributed by atoms with Gasteiger partial charge in [-0.05, 0) is 74.9 Å². The molecular formula is C12H7BrINO2S. The fourth-order valence-corrected chi connectivity index (χ4v) is 3.23. The van der Waals surface area contributed by atoms with Gasteiger partial charge in [0.2, 0.25) is 0 Å². The highest BCUT2D eigenvalue weighted by atomic mass is 127. The third-order valence-electron chi connectivity index (χ3n) is 2.17. The largest absolute Gasteiger partial charge is 0.283 e. The number of nitro benzene ring substituents is 1. The maximum absolute atomic E-state index is 10.7. The highest BCUT2D eigenvalue weighted by Gasteiger charge is 2.11. The van der Waals surface area contributed by atoms with Crippen molar-refractivity contribution in [2.75, 3.05) is 0 Å². The van der Waals surface area contributed by atoms with Crippen LogP contribution in [-0.2, 0) is 0 Å². The molecule has 3 nitrogen and oxygen atoms in total. The second kappa shape index (κ2) is 6.03. The Bertz CT molecular complexity index is 589. The fraction of sp³-hybridized carbons (Fsp3) is 0. The van der Waals surface area contributed by atoms with Crippen LogP contribution in [0.4, 0.5) is 5.69 Å². The van der Waals surface area contributed by atoms with E-state index in [0.717, 1.165) is 9.79 Å². The molecule has 2 rings (SSSR count). The van der Waals surface area contributed by atoms with E-state index in [-0.39, 0.29) is 5.69 Å². The van der Waals surface area contributed by atoms with Crippen molar-refractivity contribution in [2.24, 2.45) is 0 Å². The first-order chi connectivity index (χ1) is 8.56. The second-order valence-electron chi connectivity index (χ2n) is 3.43. The monoisotopic (exact) mass is 435 g/mol. The van der Waals surface area contributed by atoms with Crippen molar-refractivity contribution in [1.29, 1.82) is 0 Å². The summed E-state index contributed by atoms with van der Waals surface area (Å²) in [6.45, 7) is 0. The zero-order valence-electron chi connectivity index (χ0n) is 8.97. The first kappa shape index (κ1) is 13.8. The highest BCUT2D eigenvalue weighted by molar-refractivity contribution is 14.1.